The topological polar surface area (TPSA) is 120 Å². The monoisotopic (exact) mass is 270 g/mol. The molecular formula is C9H22O7Si. The maximum absolute atomic E-state index is 9.49. The fourth-order valence-corrected chi connectivity index (χ4v) is 2.21. The van der Waals surface area contributed by atoms with Crippen molar-refractivity contribution in [3.05, 3.63) is 0 Å². The Morgan fingerprint density at radius 2 is 1.53 bits per heavy atom. The third-order valence-electron chi connectivity index (χ3n) is 2.23. The van der Waals surface area contributed by atoms with E-state index in [9.17, 15) is 15.3 Å². The lowest BCUT2D eigenvalue weighted by atomic mass is 10.0. The summed E-state index contributed by atoms with van der Waals surface area (Å²) in [7, 11) is -1.83. The minimum atomic E-state index is -1.83. The fourth-order valence-electron chi connectivity index (χ4n) is 1.18. The standard InChI is InChI=1S/C9H22O7Si/c1-3-15-17(2)16-5-7(12)9(14)8(13)6(11)4-10/h6-14,17H,3-5H2,1-2H3/t6-,7+,8-,9-,17?/m1/s1. The van der Waals surface area contributed by atoms with Gasteiger partial charge in [-0.2, -0.15) is 0 Å². The number of hydrogen-bond acceptors (Lipinski definition) is 7. The van der Waals surface area contributed by atoms with Crippen LogP contribution in [-0.4, -0.2) is 79.1 Å². The lowest BCUT2D eigenvalue weighted by molar-refractivity contribution is -0.122. The Morgan fingerprint density at radius 1 is 1.00 bits per heavy atom. The first-order chi connectivity index (χ1) is 7.93. The van der Waals surface area contributed by atoms with Crippen molar-refractivity contribution < 1.29 is 34.4 Å². The molecule has 0 bridgehead atoms. The average Bonchev–Trinajstić information content (AvgIpc) is 2.33. The smallest absolute Gasteiger partial charge is 0.318 e. The molecule has 0 heterocycles. The molecular weight excluding hydrogens is 248 g/mol. The van der Waals surface area contributed by atoms with Gasteiger partial charge in [0, 0.05) is 6.61 Å². The van der Waals surface area contributed by atoms with Gasteiger partial charge in [-0.05, 0) is 13.5 Å². The van der Waals surface area contributed by atoms with Crippen molar-refractivity contribution in [1.82, 2.24) is 0 Å². The van der Waals surface area contributed by atoms with Gasteiger partial charge in [0.25, 0.3) is 0 Å². The number of rotatable bonds is 9. The maximum Gasteiger partial charge on any atom is 0.318 e. The van der Waals surface area contributed by atoms with Gasteiger partial charge in [0.15, 0.2) is 0 Å². The zero-order valence-electron chi connectivity index (χ0n) is 10.1. The molecule has 0 aliphatic heterocycles. The van der Waals surface area contributed by atoms with Crippen LogP contribution in [0.15, 0.2) is 0 Å². The molecule has 0 aromatic carbocycles. The summed E-state index contributed by atoms with van der Waals surface area (Å²) in [6.45, 7) is 3.21. The molecule has 1 unspecified atom stereocenters. The Hall–Kier alpha value is -0.0631. The summed E-state index contributed by atoms with van der Waals surface area (Å²) in [4.78, 5) is 0. The molecule has 0 saturated heterocycles. The largest absolute Gasteiger partial charge is 0.397 e. The van der Waals surface area contributed by atoms with E-state index >= 15 is 0 Å². The van der Waals surface area contributed by atoms with Gasteiger partial charge in [0.05, 0.1) is 13.2 Å². The highest BCUT2D eigenvalue weighted by Gasteiger charge is 2.30. The lowest BCUT2D eigenvalue weighted by Crippen LogP contribution is -2.47. The summed E-state index contributed by atoms with van der Waals surface area (Å²) < 4.78 is 10.4. The Bertz CT molecular complexity index is 194. The quantitative estimate of drug-likeness (QED) is 0.290. The van der Waals surface area contributed by atoms with E-state index in [0.717, 1.165) is 0 Å². The van der Waals surface area contributed by atoms with Crippen molar-refractivity contribution in [3.8, 4) is 0 Å². The minimum Gasteiger partial charge on any atom is -0.397 e. The molecule has 0 aliphatic rings. The minimum absolute atomic E-state index is 0.191. The summed E-state index contributed by atoms with van der Waals surface area (Å²) in [5.41, 5.74) is 0. The van der Waals surface area contributed by atoms with Crippen LogP contribution in [0, 0.1) is 0 Å². The van der Waals surface area contributed by atoms with E-state index in [1.807, 2.05) is 6.92 Å². The van der Waals surface area contributed by atoms with E-state index in [-0.39, 0.29) is 6.61 Å². The van der Waals surface area contributed by atoms with Crippen molar-refractivity contribution in [2.45, 2.75) is 37.9 Å². The van der Waals surface area contributed by atoms with Crippen molar-refractivity contribution in [2.24, 2.45) is 0 Å². The fraction of sp³-hybridized carbons (Fsp3) is 1.00. The van der Waals surface area contributed by atoms with Crippen LogP contribution in [0.5, 0.6) is 0 Å². The molecule has 0 fully saturated rings. The van der Waals surface area contributed by atoms with Gasteiger partial charge in [-0.25, -0.2) is 0 Å². The predicted molar refractivity (Wildman–Crippen MR) is 61.7 cm³/mol. The van der Waals surface area contributed by atoms with Gasteiger partial charge in [0.1, 0.15) is 24.4 Å². The first-order valence-corrected chi connectivity index (χ1v) is 7.60. The van der Waals surface area contributed by atoms with E-state index in [2.05, 4.69) is 0 Å². The van der Waals surface area contributed by atoms with E-state index in [0.29, 0.717) is 6.61 Å². The molecule has 0 aromatic heterocycles. The van der Waals surface area contributed by atoms with E-state index < -0.39 is 40.3 Å². The molecule has 0 saturated carbocycles. The molecule has 0 aliphatic carbocycles. The van der Waals surface area contributed by atoms with Crippen LogP contribution in [0.1, 0.15) is 6.92 Å². The molecule has 7 nitrogen and oxygen atoms in total. The Labute approximate surface area is 102 Å². The highest BCUT2D eigenvalue weighted by atomic mass is 28.3. The normalized spacial score (nSPS) is 20.6. The van der Waals surface area contributed by atoms with Crippen molar-refractivity contribution >= 4 is 9.28 Å². The van der Waals surface area contributed by atoms with E-state index in [1.165, 1.54) is 0 Å². The zero-order valence-corrected chi connectivity index (χ0v) is 11.2. The highest BCUT2D eigenvalue weighted by molar-refractivity contribution is 6.42. The Balaban J connectivity index is 4.00. The molecule has 5 atom stereocenters. The van der Waals surface area contributed by atoms with Gasteiger partial charge >= 0.3 is 9.28 Å². The number of hydrogen-bond donors (Lipinski definition) is 5. The summed E-state index contributed by atoms with van der Waals surface area (Å²) in [5, 5.41) is 45.9. The van der Waals surface area contributed by atoms with E-state index in [4.69, 9.17) is 19.1 Å². The van der Waals surface area contributed by atoms with Crippen LogP contribution in [0.2, 0.25) is 6.55 Å². The predicted octanol–water partition coefficient (Wildman–Crippen LogP) is -2.67. The van der Waals surface area contributed by atoms with Crippen LogP contribution < -0.4 is 0 Å². The van der Waals surface area contributed by atoms with Crippen LogP contribution in [0.3, 0.4) is 0 Å². The van der Waals surface area contributed by atoms with Crippen LogP contribution in [0.4, 0.5) is 0 Å². The van der Waals surface area contributed by atoms with Crippen molar-refractivity contribution in [1.29, 1.82) is 0 Å². The second kappa shape index (κ2) is 8.95. The Morgan fingerprint density at radius 3 is 2.00 bits per heavy atom. The van der Waals surface area contributed by atoms with Crippen LogP contribution in [0.25, 0.3) is 0 Å². The summed E-state index contributed by atoms with van der Waals surface area (Å²) in [5.74, 6) is 0. The van der Waals surface area contributed by atoms with Gasteiger partial charge in [-0.15, -0.1) is 0 Å². The van der Waals surface area contributed by atoms with Crippen LogP contribution >= 0.6 is 0 Å². The molecule has 17 heavy (non-hydrogen) atoms. The first-order valence-electron chi connectivity index (χ1n) is 5.50. The number of aliphatic hydroxyl groups excluding tert-OH is 5. The molecule has 8 heteroatoms. The Kier molecular flexibility index (Phi) is 8.91. The third-order valence-corrected chi connectivity index (χ3v) is 3.69. The third kappa shape index (κ3) is 6.43. The maximum atomic E-state index is 9.49. The van der Waals surface area contributed by atoms with Gasteiger partial charge < -0.3 is 34.4 Å². The summed E-state index contributed by atoms with van der Waals surface area (Å²) >= 11 is 0. The van der Waals surface area contributed by atoms with Crippen LogP contribution in [-0.2, 0) is 8.85 Å². The van der Waals surface area contributed by atoms with Gasteiger partial charge in [0.2, 0.25) is 0 Å². The molecule has 5 N–H and O–H groups in total. The summed E-state index contributed by atoms with van der Waals surface area (Å²) in [6.07, 6.45) is -6.05. The van der Waals surface area contributed by atoms with E-state index in [1.54, 1.807) is 6.55 Å². The number of aliphatic hydroxyl groups is 5. The molecule has 0 radical (unpaired) electrons. The lowest BCUT2D eigenvalue weighted by Gasteiger charge is -2.26. The SMILES string of the molecule is CCO[SiH](C)OC[C@H](O)[C@@H](O)[C@H](O)[C@H](O)CO. The molecule has 0 rings (SSSR count). The average molecular weight is 270 g/mol. The zero-order chi connectivity index (χ0) is 13.4. The second-order valence-electron chi connectivity index (χ2n) is 3.65. The first kappa shape index (κ1) is 16.9. The van der Waals surface area contributed by atoms with Gasteiger partial charge in [-0.3, -0.25) is 0 Å². The van der Waals surface area contributed by atoms with Gasteiger partial charge in [-0.1, -0.05) is 0 Å². The summed E-state index contributed by atoms with van der Waals surface area (Å²) in [6, 6.07) is 0. The molecule has 0 spiro atoms. The highest BCUT2D eigenvalue weighted by Crippen LogP contribution is 2.06. The molecule has 0 amide bonds. The molecule has 0 aromatic rings. The molecule has 104 valence electrons. The van der Waals surface area contributed by atoms with Crippen molar-refractivity contribution in [2.75, 3.05) is 19.8 Å². The second-order valence-corrected chi connectivity index (χ2v) is 5.46. The van der Waals surface area contributed by atoms with Crippen molar-refractivity contribution in [3.63, 3.8) is 0 Å².